The molecule has 0 aromatic carbocycles. The topological polar surface area (TPSA) is 40.1 Å². The van der Waals surface area contributed by atoms with Crippen molar-refractivity contribution < 1.29 is 37.6 Å². The number of carbonyl (C=O) groups is 1. The molecule has 0 aromatic rings. The number of hydrogen-bond donors (Lipinski definition) is 0. The molecule has 5 heavy (non-hydrogen) atoms. The maximum Gasteiger partial charge on any atom is 2.00 e. The van der Waals surface area contributed by atoms with Gasteiger partial charge in [0.2, 0.25) is 0 Å². The Kier molecular flexibility index (Phi) is 7.97. The summed E-state index contributed by atoms with van der Waals surface area (Å²) >= 11 is 0. The third-order valence-electron chi connectivity index (χ3n) is 0. The van der Waals surface area contributed by atoms with E-state index in [4.69, 9.17) is 9.90 Å². The van der Waals surface area contributed by atoms with Crippen LogP contribution in [0.4, 0.5) is 0 Å². The van der Waals surface area contributed by atoms with Crippen molar-refractivity contribution in [2.24, 2.45) is 0 Å². The van der Waals surface area contributed by atoms with Crippen LogP contribution in [0.2, 0.25) is 0 Å². The first-order valence-electron chi connectivity index (χ1n) is 0.908. The minimum atomic E-state index is -1.08. The number of aliphatic carboxylic acids is 1. The maximum atomic E-state index is 8.89. The van der Waals surface area contributed by atoms with E-state index in [-0.39, 0.29) is 27.7 Å². The van der Waals surface area contributed by atoms with Crippen molar-refractivity contribution in [1.29, 1.82) is 0 Å². The van der Waals surface area contributed by atoms with Crippen molar-refractivity contribution in [3.05, 3.63) is 0 Å². The number of carboxylic acid groups (broad SMARTS) is 1. The molecule has 0 saturated heterocycles. The first-order chi connectivity index (χ1) is 1.73. The summed E-state index contributed by atoms with van der Waals surface area (Å²) in [5.41, 5.74) is 0. The first-order valence-corrected chi connectivity index (χ1v) is 0.908. The molecule has 0 aliphatic heterocycles. The quantitative estimate of drug-likeness (QED) is 0.510. The molecule has 0 unspecified atom stereocenters. The fourth-order valence-electron chi connectivity index (χ4n) is 0. The summed E-state index contributed by atoms with van der Waals surface area (Å²) in [5.74, 6) is -1.08. The summed E-state index contributed by atoms with van der Waals surface area (Å²) in [4.78, 5) is 8.89. The summed E-state index contributed by atoms with van der Waals surface area (Å²) in [6.07, 6.45) is 0. The first kappa shape index (κ1) is 9.05. The van der Waals surface area contributed by atoms with E-state index >= 15 is 0 Å². The molecule has 0 heterocycles. The van der Waals surface area contributed by atoms with E-state index < -0.39 is 5.97 Å². The molecule has 3 heteroatoms. The standard InChI is InChI=1S/C2H4O2.Hg/c1-2(3)4;/h1H3,(H,3,4);/q;+2/p-1. The Morgan fingerprint density at radius 1 is 1.80 bits per heavy atom. The van der Waals surface area contributed by atoms with Gasteiger partial charge in [0.05, 0.1) is 0 Å². The van der Waals surface area contributed by atoms with Gasteiger partial charge in [-0.15, -0.1) is 0 Å². The normalized spacial score (nSPS) is 5.00. The Morgan fingerprint density at radius 2 is 1.80 bits per heavy atom. The maximum absolute atomic E-state index is 8.89. The van der Waals surface area contributed by atoms with E-state index in [1.165, 1.54) is 0 Å². The third kappa shape index (κ3) is 155. The zero-order valence-corrected chi connectivity index (χ0v) is 8.52. The average Bonchev–Trinajstić information content (AvgIpc) is 0.811. The Labute approximate surface area is 50.7 Å². The number of rotatable bonds is 0. The van der Waals surface area contributed by atoms with E-state index in [9.17, 15) is 0 Å². The second kappa shape index (κ2) is 4.41. The predicted molar refractivity (Wildman–Crippen MR) is 10.7 cm³/mol. The van der Waals surface area contributed by atoms with Gasteiger partial charge in [0.15, 0.2) is 0 Å². The van der Waals surface area contributed by atoms with E-state index in [1.54, 1.807) is 0 Å². The second-order valence-corrected chi connectivity index (χ2v) is 0.492. The molecule has 0 aliphatic rings. The molecule has 0 N–H and O–H groups in total. The predicted octanol–water partition coefficient (Wildman–Crippen LogP) is -1.25. The van der Waals surface area contributed by atoms with Crippen molar-refractivity contribution in [3.8, 4) is 0 Å². The van der Waals surface area contributed by atoms with E-state index in [2.05, 4.69) is 0 Å². The van der Waals surface area contributed by atoms with Gasteiger partial charge < -0.3 is 9.90 Å². The van der Waals surface area contributed by atoms with Gasteiger partial charge in [0.1, 0.15) is 0 Å². The fourth-order valence-corrected chi connectivity index (χ4v) is 0. The average molecular weight is 260 g/mol. The van der Waals surface area contributed by atoms with Crippen molar-refractivity contribution in [3.63, 3.8) is 0 Å². The van der Waals surface area contributed by atoms with Crippen molar-refractivity contribution >= 4 is 5.97 Å². The molecule has 0 spiro atoms. The monoisotopic (exact) mass is 261 g/mol. The molecule has 0 bridgehead atoms. The molecule has 24 valence electrons. The molecular weight excluding hydrogens is 257 g/mol. The molecular formula is C2H3HgO2+. The minimum absolute atomic E-state index is 0. The zero-order valence-electron chi connectivity index (χ0n) is 3.02. The second-order valence-electron chi connectivity index (χ2n) is 0.492. The summed E-state index contributed by atoms with van der Waals surface area (Å²) in [6, 6.07) is 0. The van der Waals surface area contributed by atoms with E-state index in [0.29, 0.717) is 0 Å². The van der Waals surface area contributed by atoms with Crippen LogP contribution in [-0.4, -0.2) is 5.97 Å². The fraction of sp³-hybridized carbons (Fsp3) is 0.500. The summed E-state index contributed by atoms with van der Waals surface area (Å²) in [5, 5.41) is 8.89. The molecule has 0 aromatic heterocycles. The van der Waals surface area contributed by atoms with Gasteiger partial charge in [0, 0.05) is 5.97 Å². The van der Waals surface area contributed by atoms with Crippen LogP contribution in [0.1, 0.15) is 6.92 Å². The Bertz CT molecular complexity index is 30.6. The SMILES string of the molecule is CC(=O)[O-].[Hg+2]. The Morgan fingerprint density at radius 3 is 1.80 bits per heavy atom. The number of carbonyl (C=O) groups excluding carboxylic acids is 1. The molecule has 0 amide bonds. The molecule has 0 fully saturated rings. The van der Waals surface area contributed by atoms with Crippen LogP contribution in [0.25, 0.3) is 0 Å². The molecule has 0 aliphatic carbocycles. The Hall–Kier alpha value is 0.405. The smallest absolute Gasteiger partial charge is 0.550 e. The number of hydrogen-bond acceptors (Lipinski definition) is 2. The van der Waals surface area contributed by atoms with Crippen LogP contribution in [0.5, 0.6) is 0 Å². The molecule has 2 nitrogen and oxygen atoms in total. The van der Waals surface area contributed by atoms with Crippen LogP contribution in [0.15, 0.2) is 0 Å². The van der Waals surface area contributed by atoms with Crippen LogP contribution in [0, 0.1) is 0 Å². The molecule has 0 atom stereocenters. The van der Waals surface area contributed by atoms with Crippen LogP contribution in [0.3, 0.4) is 0 Å². The molecule has 0 saturated carbocycles. The van der Waals surface area contributed by atoms with E-state index in [0.717, 1.165) is 6.92 Å². The van der Waals surface area contributed by atoms with Gasteiger partial charge in [-0.3, -0.25) is 0 Å². The minimum Gasteiger partial charge on any atom is -0.550 e. The van der Waals surface area contributed by atoms with E-state index in [1.807, 2.05) is 0 Å². The van der Waals surface area contributed by atoms with Crippen LogP contribution >= 0.6 is 0 Å². The van der Waals surface area contributed by atoms with Crippen LogP contribution < -0.4 is 5.11 Å². The van der Waals surface area contributed by atoms with Gasteiger partial charge in [-0.25, -0.2) is 0 Å². The van der Waals surface area contributed by atoms with Gasteiger partial charge in [0.25, 0.3) is 0 Å². The van der Waals surface area contributed by atoms with Crippen molar-refractivity contribution in [2.45, 2.75) is 6.92 Å². The summed E-state index contributed by atoms with van der Waals surface area (Å²) in [7, 11) is 0. The Balaban J connectivity index is 0. The summed E-state index contributed by atoms with van der Waals surface area (Å²) < 4.78 is 0. The molecule has 0 rings (SSSR count). The van der Waals surface area contributed by atoms with Gasteiger partial charge in [-0.2, -0.15) is 0 Å². The summed E-state index contributed by atoms with van der Waals surface area (Å²) in [6.45, 7) is 0.972. The van der Waals surface area contributed by atoms with Gasteiger partial charge >= 0.3 is 27.7 Å². The zero-order chi connectivity index (χ0) is 3.58. The molecule has 0 radical (unpaired) electrons. The van der Waals surface area contributed by atoms with Crippen molar-refractivity contribution in [2.75, 3.05) is 0 Å². The van der Waals surface area contributed by atoms with Crippen molar-refractivity contribution in [1.82, 2.24) is 0 Å². The van der Waals surface area contributed by atoms with Crippen LogP contribution in [-0.2, 0) is 32.5 Å². The number of carboxylic acids is 1. The van der Waals surface area contributed by atoms with Gasteiger partial charge in [-0.05, 0) is 6.92 Å². The van der Waals surface area contributed by atoms with Gasteiger partial charge in [-0.1, -0.05) is 0 Å². The largest absolute Gasteiger partial charge is 2.00 e. The third-order valence-corrected chi connectivity index (χ3v) is 0.